The lowest BCUT2D eigenvalue weighted by atomic mass is 10.0. The number of methoxy groups -OCH3 is 1. The molecule has 0 aliphatic carbocycles. The van der Waals surface area contributed by atoms with Gasteiger partial charge in [-0.3, -0.25) is 4.90 Å². The van der Waals surface area contributed by atoms with Crippen molar-refractivity contribution in [2.75, 3.05) is 14.2 Å². The van der Waals surface area contributed by atoms with E-state index in [1.165, 1.54) is 0 Å². The molecule has 0 radical (unpaired) electrons. The highest BCUT2D eigenvalue weighted by Crippen LogP contribution is 2.22. The fraction of sp³-hybridized carbons (Fsp3) is 0.533. The van der Waals surface area contributed by atoms with Gasteiger partial charge in [0.1, 0.15) is 5.75 Å². The summed E-state index contributed by atoms with van der Waals surface area (Å²) in [6.07, 6.45) is 0. The van der Waals surface area contributed by atoms with E-state index in [0.717, 1.165) is 17.9 Å². The first kappa shape index (κ1) is 14.5. The predicted molar refractivity (Wildman–Crippen MR) is 73.5 cm³/mol. The van der Waals surface area contributed by atoms with E-state index in [0.29, 0.717) is 17.5 Å². The van der Waals surface area contributed by atoms with Gasteiger partial charge in [-0.2, -0.15) is 5.26 Å². The van der Waals surface area contributed by atoms with Crippen molar-refractivity contribution in [3.05, 3.63) is 29.3 Å². The maximum atomic E-state index is 8.95. The van der Waals surface area contributed by atoms with Gasteiger partial charge in [-0.1, -0.05) is 13.8 Å². The van der Waals surface area contributed by atoms with Crippen LogP contribution in [-0.4, -0.2) is 25.1 Å². The molecule has 0 amide bonds. The zero-order chi connectivity index (χ0) is 13.7. The van der Waals surface area contributed by atoms with Crippen LogP contribution in [0.2, 0.25) is 0 Å². The van der Waals surface area contributed by atoms with Crippen LogP contribution in [0.1, 0.15) is 31.9 Å². The summed E-state index contributed by atoms with van der Waals surface area (Å²) in [5, 5.41) is 8.95. The number of hydrogen-bond acceptors (Lipinski definition) is 3. The highest BCUT2D eigenvalue weighted by atomic mass is 16.5. The van der Waals surface area contributed by atoms with Crippen LogP contribution in [0.5, 0.6) is 5.75 Å². The van der Waals surface area contributed by atoms with Crippen LogP contribution in [0.3, 0.4) is 0 Å². The second-order valence-electron chi connectivity index (χ2n) is 5.04. The van der Waals surface area contributed by atoms with Crippen LogP contribution in [0, 0.1) is 17.2 Å². The lowest BCUT2D eigenvalue weighted by Gasteiger charge is -2.28. The Bertz CT molecular complexity index is 435. The van der Waals surface area contributed by atoms with Gasteiger partial charge in [-0.15, -0.1) is 0 Å². The molecule has 1 aromatic rings. The highest BCUT2D eigenvalue weighted by Gasteiger charge is 2.15. The maximum Gasteiger partial charge on any atom is 0.123 e. The van der Waals surface area contributed by atoms with Crippen molar-refractivity contribution >= 4 is 0 Å². The molecule has 0 fully saturated rings. The second kappa shape index (κ2) is 6.42. The first-order valence-corrected chi connectivity index (χ1v) is 6.26. The largest absolute Gasteiger partial charge is 0.496 e. The molecule has 1 unspecified atom stereocenters. The zero-order valence-corrected chi connectivity index (χ0v) is 11.9. The minimum Gasteiger partial charge on any atom is -0.496 e. The second-order valence-corrected chi connectivity index (χ2v) is 5.04. The number of rotatable bonds is 5. The van der Waals surface area contributed by atoms with Gasteiger partial charge in [0, 0.05) is 18.2 Å². The third-order valence-corrected chi connectivity index (χ3v) is 3.49. The number of benzene rings is 1. The van der Waals surface area contributed by atoms with Crippen LogP contribution in [0.4, 0.5) is 0 Å². The summed E-state index contributed by atoms with van der Waals surface area (Å²) >= 11 is 0. The minimum atomic E-state index is 0.487. The Kier molecular flexibility index (Phi) is 5.18. The van der Waals surface area contributed by atoms with Gasteiger partial charge in [-0.25, -0.2) is 0 Å². The Hall–Kier alpha value is -1.53. The van der Waals surface area contributed by atoms with Gasteiger partial charge in [0.15, 0.2) is 0 Å². The van der Waals surface area contributed by atoms with Crippen molar-refractivity contribution in [2.45, 2.75) is 33.4 Å². The molecule has 0 heterocycles. The zero-order valence-electron chi connectivity index (χ0n) is 11.9. The lowest BCUT2D eigenvalue weighted by molar-refractivity contribution is 0.198. The van der Waals surface area contributed by atoms with Gasteiger partial charge in [-0.05, 0) is 38.1 Å². The van der Waals surface area contributed by atoms with Gasteiger partial charge < -0.3 is 4.74 Å². The molecule has 0 saturated heterocycles. The minimum absolute atomic E-state index is 0.487. The van der Waals surface area contributed by atoms with Crippen LogP contribution >= 0.6 is 0 Å². The molecule has 0 aliphatic rings. The van der Waals surface area contributed by atoms with Crippen molar-refractivity contribution in [3.63, 3.8) is 0 Å². The molecular weight excluding hydrogens is 224 g/mol. The van der Waals surface area contributed by atoms with E-state index < -0.39 is 0 Å². The Morgan fingerprint density at radius 1 is 1.33 bits per heavy atom. The highest BCUT2D eigenvalue weighted by molar-refractivity contribution is 5.42. The molecule has 1 aromatic carbocycles. The van der Waals surface area contributed by atoms with Crippen molar-refractivity contribution in [1.82, 2.24) is 4.90 Å². The molecule has 98 valence electrons. The van der Waals surface area contributed by atoms with Gasteiger partial charge in [0.2, 0.25) is 0 Å². The van der Waals surface area contributed by atoms with Crippen molar-refractivity contribution in [1.29, 1.82) is 5.26 Å². The molecule has 0 spiro atoms. The van der Waals surface area contributed by atoms with E-state index in [9.17, 15) is 0 Å². The monoisotopic (exact) mass is 246 g/mol. The maximum absolute atomic E-state index is 8.95. The number of ether oxygens (including phenoxy) is 1. The van der Waals surface area contributed by atoms with Crippen molar-refractivity contribution < 1.29 is 4.74 Å². The molecule has 1 rings (SSSR count). The average molecular weight is 246 g/mol. The summed E-state index contributed by atoms with van der Waals surface area (Å²) in [6.45, 7) is 7.43. The summed E-state index contributed by atoms with van der Waals surface area (Å²) in [7, 11) is 3.76. The predicted octanol–water partition coefficient (Wildman–Crippen LogP) is 3.04. The standard InChI is InChI=1S/C15H22N2O/c1-11(2)12(3)17(4)10-14-8-13(9-16)6-7-15(14)18-5/h6-8,11-12H,10H2,1-5H3. The van der Waals surface area contributed by atoms with E-state index in [1.54, 1.807) is 13.2 Å². The fourth-order valence-electron chi connectivity index (χ4n) is 1.89. The average Bonchev–Trinajstić information content (AvgIpc) is 2.37. The summed E-state index contributed by atoms with van der Waals surface area (Å²) in [5.74, 6) is 1.44. The molecule has 18 heavy (non-hydrogen) atoms. The Labute approximate surface area is 110 Å². The smallest absolute Gasteiger partial charge is 0.123 e. The van der Waals surface area contributed by atoms with E-state index in [1.807, 2.05) is 12.1 Å². The van der Waals surface area contributed by atoms with Crippen LogP contribution in [-0.2, 0) is 6.54 Å². The normalized spacial score (nSPS) is 12.6. The van der Waals surface area contributed by atoms with E-state index >= 15 is 0 Å². The summed E-state index contributed by atoms with van der Waals surface area (Å²) < 4.78 is 5.35. The molecule has 3 nitrogen and oxygen atoms in total. The molecule has 0 N–H and O–H groups in total. The van der Waals surface area contributed by atoms with Crippen molar-refractivity contribution in [3.8, 4) is 11.8 Å². The van der Waals surface area contributed by atoms with Crippen molar-refractivity contribution in [2.24, 2.45) is 5.92 Å². The summed E-state index contributed by atoms with van der Waals surface area (Å²) in [4.78, 5) is 2.28. The van der Waals surface area contributed by atoms with Crippen LogP contribution in [0.15, 0.2) is 18.2 Å². The number of nitrogens with zero attached hydrogens (tertiary/aromatic N) is 2. The van der Waals surface area contributed by atoms with E-state index in [2.05, 4.69) is 38.8 Å². The fourth-order valence-corrected chi connectivity index (χ4v) is 1.89. The molecule has 0 aromatic heterocycles. The van der Waals surface area contributed by atoms with Gasteiger partial charge >= 0.3 is 0 Å². The Balaban J connectivity index is 2.92. The van der Waals surface area contributed by atoms with Crippen LogP contribution < -0.4 is 4.74 Å². The Morgan fingerprint density at radius 2 is 2.00 bits per heavy atom. The quantitative estimate of drug-likeness (QED) is 0.801. The molecule has 0 bridgehead atoms. The van der Waals surface area contributed by atoms with E-state index in [-0.39, 0.29) is 0 Å². The summed E-state index contributed by atoms with van der Waals surface area (Å²) in [5.41, 5.74) is 1.74. The third-order valence-electron chi connectivity index (χ3n) is 3.49. The Morgan fingerprint density at radius 3 is 2.50 bits per heavy atom. The van der Waals surface area contributed by atoms with E-state index in [4.69, 9.17) is 10.00 Å². The summed E-state index contributed by atoms with van der Waals surface area (Å²) in [6, 6.07) is 8.21. The molecule has 0 saturated carbocycles. The van der Waals surface area contributed by atoms with Gasteiger partial charge in [0.25, 0.3) is 0 Å². The SMILES string of the molecule is COc1ccc(C#N)cc1CN(C)C(C)C(C)C. The molecule has 3 heteroatoms. The number of nitriles is 1. The number of hydrogen-bond donors (Lipinski definition) is 0. The van der Waals surface area contributed by atoms with Crippen LogP contribution in [0.25, 0.3) is 0 Å². The molecule has 1 atom stereocenters. The van der Waals surface area contributed by atoms with Gasteiger partial charge in [0.05, 0.1) is 18.7 Å². The lowest BCUT2D eigenvalue weighted by Crippen LogP contribution is -2.32. The molecular formula is C15H22N2O. The third kappa shape index (κ3) is 3.48. The first-order valence-electron chi connectivity index (χ1n) is 6.26. The first-order chi connectivity index (χ1) is 8.49. The topological polar surface area (TPSA) is 36.3 Å². The molecule has 0 aliphatic heterocycles.